The van der Waals surface area contributed by atoms with Crippen LogP contribution in [0.4, 0.5) is 15.8 Å². The van der Waals surface area contributed by atoms with Crippen molar-refractivity contribution in [2.75, 3.05) is 43.4 Å². The van der Waals surface area contributed by atoms with Crippen LogP contribution in [0, 0.1) is 5.82 Å². The number of anilines is 2. The SMILES string of the molecule is CN1CCN(c2ccc(NC(=O)Cc3cccc(F)c3)cc2)CC1. The lowest BCUT2D eigenvalue weighted by Crippen LogP contribution is -2.44. The van der Waals surface area contributed by atoms with Crippen LogP contribution in [-0.4, -0.2) is 44.0 Å². The molecule has 0 unspecified atom stereocenters. The second-order valence-corrected chi connectivity index (χ2v) is 6.19. The molecule has 3 rings (SSSR count). The standard InChI is InChI=1S/C19H22FN3O/c1-22-9-11-23(12-10-22)18-7-5-17(6-8-18)21-19(24)14-15-3-2-4-16(20)13-15/h2-8,13H,9-12,14H2,1H3,(H,21,24). The van der Waals surface area contributed by atoms with Gasteiger partial charge in [0.2, 0.25) is 5.91 Å². The Morgan fingerprint density at radius 3 is 2.46 bits per heavy atom. The Morgan fingerprint density at radius 1 is 1.08 bits per heavy atom. The number of hydrogen-bond donors (Lipinski definition) is 1. The van der Waals surface area contributed by atoms with Crippen LogP contribution in [0.2, 0.25) is 0 Å². The van der Waals surface area contributed by atoms with E-state index in [1.54, 1.807) is 12.1 Å². The molecule has 2 aromatic carbocycles. The highest BCUT2D eigenvalue weighted by Crippen LogP contribution is 2.19. The van der Waals surface area contributed by atoms with E-state index < -0.39 is 0 Å². The zero-order chi connectivity index (χ0) is 16.9. The molecular formula is C19H22FN3O. The average Bonchev–Trinajstić information content (AvgIpc) is 2.56. The molecule has 0 radical (unpaired) electrons. The maximum atomic E-state index is 13.2. The molecule has 1 aliphatic rings. The minimum atomic E-state index is -0.322. The molecule has 0 atom stereocenters. The predicted octanol–water partition coefficient (Wildman–Crippen LogP) is 2.76. The average molecular weight is 327 g/mol. The number of amides is 1. The molecule has 2 aromatic rings. The van der Waals surface area contributed by atoms with Gasteiger partial charge in [0.25, 0.3) is 0 Å². The van der Waals surface area contributed by atoms with Crippen LogP contribution in [-0.2, 0) is 11.2 Å². The number of carbonyl (C=O) groups is 1. The lowest BCUT2D eigenvalue weighted by atomic mass is 10.1. The Hall–Kier alpha value is -2.40. The van der Waals surface area contributed by atoms with Crippen LogP contribution in [0.15, 0.2) is 48.5 Å². The van der Waals surface area contributed by atoms with Gasteiger partial charge in [-0.3, -0.25) is 4.79 Å². The summed E-state index contributed by atoms with van der Waals surface area (Å²) in [6, 6.07) is 14.0. The van der Waals surface area contributed by atoms with Gasteiger partial charge in [-0.2, -0.15) is 0 Å². The molecule has 0 spiro atoms. The molecule has 0 aliphatic carbocycles. The fraction of sp³-hybridized carbons (Fsp3) is 0.316. The van der Waals surface area contributed by atoms with Crippen LogP contribution in [0.3, 0.4) is 0 Å². The Kier molecular flexibility index (Phi) is 5.11. The lowest BCUT2D eigenvalue weighted by Gasteiger charge is -2.34. The first-order valence-corrected chi connectivity index (χ1v) is 8.18. The van der Waals surface area contributed by atoms with Crippen LogP contribution >= 0.6 is 0 Å². The molecular weight excluding hydrogens is 305 g/mol. The number of carbonyl (C=O) groups excluding carboxylic acids is 1. The normalized spacial score (nSPS) is 15.3. The summed E-state index contributed by atoms with van der Waals surface area (Å²) < 4.78 is 13.2. The van der Waals surface area contributed by atoms with Gasteiger partial charge < -0.3 is 15.1 Å². The van der Waals surface area contributed by atoms with E-state index in [4.69, 9.17) is 0 Å². The molecule has 126 valence electrons. The minimum absolute atomic E-state index is 0.145. The van der Waals surface area contributed by atoms with Crippen molar-refractivity contribution < 1.29 is 9.18 Å². The van der Waals surface area contributed by atoms with Gasteiger partial charge in [0.15, 0.2) is 0 Å². The van der Waals surface area contributed by atoms with E-state index in [2.05, 4.69) is 22.2 Å². The van der Waals surface area contributed by atoms with Crippen LogP contribution in [0.5, 0.6) is 0 Å². The number of hydrogen-bond acceptors (Lipinski definition) is 3. The van der Waals surface area contributed by atoms with E-state index in [9.17, 15) is 9.18 Å². The van der Waals surface area contributed by atoms with Gasteiger partial charge in [-0.1, -0.05) is 12.1 Å². The van der Waals surface area contributed by atoms with E-state index in [0.29, 0.717) is 5.56 Å². The third-order valence-electron chi connectivity index (χ3n) is 4.27. The van der Waals surface area contributed by atoms with E-state index in [1.807, 2.05) is 24.3 Å². The van der Waals surface area contributed by atoms with E-state index in [0.717, 1.165) is 31.9 Å². The Bertz CT molecular complexity index is 694. The molecule has 1 aliphatic heterocycles. The van der Waals surface area contributed by atoms with Gasteiger partial charge in [0.1, 0.15) is 5.82 Å². The Balaban J connectivity index is 1.56. The molecule has 1 fully saturated rings. The highest BCUT2D eigenvalue weighted by atomic mass is 19.1. The molecule has 0 aromatic heterocycles. The monoisotopic (exact) mass is 327 g/mol. The zero-order valence-electron chi connectivity index (χ0n) is 13.8. The largest absolute Gasteiger partial charge is 0.369 e. The molecule has 1 amide bonds. The fourth-order valence-electron chi connectivity index (χ4n) is 2.86. The Labute approximate surface area is 141 Å². The molecule has 5 heteroatoms. The molecule has 1 heterocycles. The summed E-state index contributed by atoms with van der Waals surface area (Å²) in [4.78, 5) is 16.7. The highest BCUT2D eigenvalue weighted by Gasteiger charge is 2.14. The summed E-state index contributed by atoms with van der Waals surface area (Å²) in [5, 5.41) is 2.86. The van der Waals surface area contributed by atoms with Crippen molar-refractivity contribution >= 4 is 17.3 Å². The number of likely N-dealkylation sites (N-methyl/N-ethyl adjacent to an activating group) is 1. The van der Waals surface area contributed by atoms with Gasteiger partial charge in [-0.25, -0.2) is 4.39 Å². The Morgan fingerprint density at radius 2 is 1.79 bits per heavy atom. The zero-order valence-corrected chi connectivity index (χ0v) is 13.8. The first-order valence-electron chi connectivity index (χ1n) is 8.18. The first-order chi connectivity index (χ1) is 11.6. The second kappa shape index (κ2) is 7.45. The van der Waals surface area contributed by atoms with Crippen molar-refractivity contribution in [2.24, 2.45) is 0 Å². The molecule has 24 heavy (non-hydrogen) atoms. The van der Waals surface area contributed by atoms with Gasteiger partial charge in [0, 0.05) is 37.6 Å². The fourth-order valence-corrected chi connectivity index (χ4v) is 2.86. The van der Waals surface area contributed by atoms with Crippen LogP contribution in [0.1, 0.15) is 5.56 Å². The van der Waals surface area contributed by atoms with Crippen molar-refractivity contribution in [3.8, 4) is 0 Å². The maximum Gasteiger partial charge on any atom is 0.228 e. The number of rotatable bonds is 4. The van der Waals surface area contributed by atoms with Crippen molar-refractivity contribution in [3.05, 3.63) is 59.9 Å². The van der Waals surface area contributed by atoms with E-state index >= 15 is 0 Å². The number of nitrogens with one attached hydrogen (secondary N) is 1. The summed E-state index contributed by atoms with van der Waals surface area (Å²) in [6.07, 6.45) is 0.165. The highest BCUT2D eigenvalue weighted by molar-refractivity contribution is 5.92. The number of piperazine rings is 1. The van der Waals surface area contributed by atoms with Crippen molar-refractivity contribution in [1.29, 1.82) is 0 Å². The minimum Gasteiger partial charge on any atom is -0.369 e. The first kappa shape index (κ1) is 16.5. The number of benzene rings is 2. The number of halogens is 1. The van der Waals surface area contributed by atoms with E-state index in [-0.39, 0.29) is 18.1 Å². The van der Waals surface area contributed by atoms with Gasteiger partial charge in [-0.05, 0) is 49.0 Å². The summed E-state index contributed by atoms with van der Waals surface area (Å²) >= 11 is 0. The lowest BCUT2D eigenvalue weighted by molar-refractivity contribution is -0.115. The summed E-state index contributed by atoms with van der Waals surface area (Å²) in [5.74, 6) is -0.468. The summed E-state index contributed by atoms with van der Waals surface area (Å²) in [5.41, 5.74) is 2.60. The molecule has 0 bridgehead atoms. The van der Waals surface area contributed by atoms with Gasteiger partial charge in [0.05, 0.1) is 6.42 Å². The predicted molar refractivity (Wildman–Crippen MR) is 94.9 cm³/mol. The van der Waals surface area contributed by atoms with Crippen molar-refractivity contribution in [1.82, 2.24) is 4.90 Å². The third-order valence-corrected chi connectivity index (χ3v) is 4.27. The van der Waals surface area contributed by atoms with Gasteiger partial charge >= 0.3 is 0 Å². The van der Waals surface area contributed by atoms with Crippen LogP contribution in [0.25, 0.3) is 0 Å². The second-order valence-electron chi connectivity index (χ2n) is 6.19. The quantitative estimate of drug-likeness (QED) is 0.938. The van der Waals surface area contributed by atoms with Crippen LogP contribution < -0.4 is 10.2 Å². The van der Waals surface area contributed by atoms with E-state index in [1.165, 1.54) is 17.8 Å². The molecule has 4 nitrogen and oxygen atoms in total. The van der Waals surface area contributed by atoms with Gasteiger partial charge in [-0.15, -0.1) is 0 Å². The third kappa shape index (κ3) is 4.32. The maximum absolute atomic E-state index is 13.2. The molecule has 1 N–H and O–H groups in total. The van der Waals surface area contributed by atoms with Crippen molar-refractivity contribution in [2.45, 2.75) is 6.42 Å². The smallest absolute Gasteiger partial charge is 0.228 e. The molecule has 1 saturated heterocycles. The number of nitrogens with zero attached hydrogens (tertiary/aromatic N) is 2. The summed E-state index contributed by atoms with van der Waals surface area (Å²) in [7, 11) is 2.13. The molecule has 0 saturated carbocycles. The summed E-state index contributed by atoms with van der Waals surface area (Å²) in [6.45, 7) is 4.15. The van der Waals surface area contributed by atoms with Crippen molar-refractivity contribution in [3.63, 3.8) is 0 Å². The topological polar surface area (TPSA) is 35.6 Å².